The number of aromatic nitrogens is 4. The van der Waals surface area contributed by atoms with Crippen LogP contribution in [-0.2, 0) is 26.8 Å². The molecule has 6 aliphatic rings. The minimum absolute atomic E-state index is 0.0305. The maximum absolute atomic E-state index is 15.7. The summed E-state index contributed by atoms with van der Waals surface area (Å²) in [6.45, 7) is 8.47. The molecule has 356 valence electrons. The van der Waals surface area contributed by atoms with E-state index in [0.717, 1.165) is 86.0 Å². The van der Waals surface area contributed by atoms with Gasteiger partial charge in [0.05, 0.1) is 29.3 Å². The van der Waals surface area contributed by atoms with E-state index in [9.17, 15) is 19.2 Å². The number of rotatable bonds is 10. The van der Waals surface area contributed by atoms with E-state index in [1.54, 1.807) is 18.3 Å². The van der Waals surface area contributed by atoms with Crippen LogP contribution >= 0.6 is 11.9 Å². The van der Waals surface area contributed by atoms with E-state index in [1.165, 1.54) is 79.5 Å². The van der Waals surface area contributed by atoms with Gasteiger partial charge in [0, 0.05) is 74.6 Å². The van der Waals surface area contributed by atoms with E-state index in [4.69, 9.17) is 10.2 Å². The Morgan fingerprint density at radius 2 is 1.65 bits per heavy atom. The van der Waals surface area contributed by atoms with Crippen LogP contribution in [0.4, 0.5) is 27.5 Å². The highest BCUT2D eigenvalue weighted by atomic mass is 32.2. The Morgan fingerprint density at radius 3 is 2.29 bits per heavy atom. The Bertz CT molecular complexity index is 2460. The number of amides is 3. The van der Waals surface area contributed by atoms with Gasteiger partial charge in [0.2, 0.25) is 23.7 Å². The molecule has 3 aliphatic heterocycles. The maximum atomic E-state index is 15.7. The van der Waals surface area contributed by atoms with E-state index in [-0.39, 0.29) is 54.3 Å². The van der Waals surface area contributed by atoms with Crippen molar-refractivity contribution in [3.05, 3.63) is 64.0 Å². The maximum Gasteiger partial charge on any atom is 0.329 e. The highest BCUT2D eigenvalue weighted by Crippen LogP contribution is 2.54. The third-order valence-electron chi connectivity index (χ3n) is 14.0. The number of aliphatic hydroxyl groups excluding tert-OH is 2. The Kier molecular flexibility index (Phi) is 15.1. The molecule has 18 heteroatoms. The SMILES string of the molecule is Cc1cc(SNC(C)CO)ccc1Nc1ncc2c(n1)NC(=O)C21CC1.Cn1c(=O)n(C2CCC(=O)NC2=O)c2ccc(N3CCN(CC4CCCCC4)CC3)c(F)c21.OC1CCCCC1. The smallest absolute Gasteiger partial charge is 0.329 e. The zero-order valence-corrected chi connectivity index (χ0v) is 39.2. The van der Waals surface area contributed by atoms with Crippen molar-refractivity contribution in [3.8, 4) is 0 Å². The number of nitrogens with one attached hydrogen (secondary N) is 4. The Hall–Kier alpha value is -4.88. The van der Waals surface area contributed by atoms with Gasteiger partial charge in [0.1, 0.15) is 17.4 Å². The predicted molar refractivity (Wildman–Crippen MR) is 254 cm³/mol. The highest BCUT2D eigenvalue weighted by molar-refractivity contribution is 7.97. The molecular formula is C48H65FN10O6S. The average Bonchev–Trinajstić information content (AvgIpc) is 4.03. The molecular weight excluding hydrogens is 864 g/mol. The molecule has 16 nitrogen and oxygen atoms in total. The van der Waals surface area contributed by atoms with Crippen molar-refractivity contribution in [3.63, 3.8) is 0 Å². The van der Waals surface area contributed by atoms with Gasteiger partial charge in [-0.05, 0) is 113 Å². The Morgan fingerprint density at radius 1 is 0.939 bits per heavy atom. The molecule has 0 bridgehead atoms. The molecule has 10 rings (SSSR count). The molecule has 2 saturated heterocycles. The third-order valence-corrected chi connectivity index (χ3v) is 15.0. The number of aryl methyl sites for hydroxylation is 2. The topological polar surface area (TPSA) is 199 Å². The molecule has 2 atom stereocenters. The number of piperidine rings is 1. The lowest BCUT2D eigenvalue weighted by Gasteiger charge is -2.38. The molecule has 4 aromatic rings. The van der Waals surface area contributed by atoms with Gasteiger partial charge in [-0.25, -0.2) is 14.2 Å². The standard InChI is InChI=1S/C24H32FN5O3.C18H21N5O2S.C6H12O/c1-27-22-18(30(24(27)33)19-9-10-20(31)26-23(19)32)8-7-17(21(22)25)29-13-11-28(12-14-29)15-16-5-3-2-4-6-16;1-10-7-12(26-23-11(2)9-24)3-4-14(10)20-17-19-8-13-15(22-17)21-16(25)18(13)5-6-18;7-6-4-2-1-3-5-6/h7-8,16,19H,2-6,9-15H2,1H3,(H,26,31,32);3-4,7-8,11,23-24H,5-6,9H2,1-2H3,(H2,19,20,21,22,25);6-7H,1-5H2. The zero-order chi connectivity index (χ0) is 46.5. The number of aliphatic hydroxyl groups is 2. The van der Waals surface area contributed by atoms with Gasteiger partial charge in [-0.15, -0.1) is 0 Å². The molecule has 3 saturated carbocycles. The number of fused-ring (bicyclic) bond motifs is 3. The van der Waals surface area contributed by atoms with Gasteiger partial charge >= 0.3 is 5.69 Å². The van der Waals surface area contributed by atoms with Gasteiger partial charge in [0.25, 0.3) is 0 Å². The van der Waals surface area contributed by atoms with Crippen LogP contribution in [0.25, 0.3) is 11.0 Å². The van der Waals surface area contributed by atoms with E-state index in [2.05, 4.69) is 46.5 Å². The van der Waals surface area contributed by atoms with Crippen molar-refractivity contribution in [2.45, 2.75) is 132 Å². The van der Waals surface area contributed by atoms with Crippen LogP contribution in [0.3, 0.4) is 0 Å². The molecule has 2 aromatic heterocycles. The van der Waals surface area contributed by atoms with E-state index < -0.39 is 23.5 Å². The van der Waals surface area contributed by atoms with E-state index >= 15 is 4.39 Å². The molecule has 3 amide bonds. The summed E-state index contributed by atoms with van der Waals surface area (Å²) < 4.78 is 21.5. The molecule has 6 N–H and O–H groups in total. The number of carbonyl (C=O) groups is 3. The second-order valence-electron chi connectivity index (χ2n) is 18.9. The van der Waals surface area contributed by atoms with E-state index in [0.29, 0.717) is 23.0 Å². The molecule has 5 heterocycles. The number of imide groups is 1. The second-order valence-corrected chi connectivity index (χ2v) is 19.8. The van der Waals surface area contributed by atoms with Gasteiger partial charge in [0.15, 0.2) is 5.82 Å². The largest absolute Gasteiger partial charge is 0.395 e. The van der Waals surface area contributed by atoms with Crippen LogP contribution in [0.15, 0.2) is 46.2 Å². The van der Waals surface area contributed by atoms with Gasteiger partial charge in [-0.2, -0.15) is 4.98 Å². The third kappa shape index (κ3) is 10.6. The average molecular weight is 929 g/mol. The summed E-state index contributed by atoms with van der Waals surface area (Å²) in [7, 11) is 1.53. The summed E-state index contributed by atoms with van der Waals surface area (Å²) in [5.41, 5.74) is 3.15. The number of imidazole rings is 1. The van der Waals surface area contributed by atoms with Crippen molar-refractivity contribution < 1.29 is 29.0 Å². The van der Waals surface area contributed by atoms with Crippen LogP contribution in [0.5, 0.6) is 0 Å². The molecule has 3 aliphatic carbocycles. The molecule has 2 unspecified atom stereocenters. The fourth-order valence-electron chi connectivity index (χ4n) is 9.90. The number of benzene rings is 2. The molecule has 1 spiro atoms. The minimum atomic E-state index is -0.813. The molecule has 0 radical (unpaired) electrons. The summed E-state index contributed by atoms with van der Waals surface area (Å²) >= 11 is 1.49. The van der Waals surface area contributed by atoms with Crippen LogP contribution < -0.4 is 31.3 Å². The second kappa shape index (κ2) is 21.0. The predicted octanol–water partition coefficient (Wildman–Crippen LogP) is 5.96. The van der Waals surface area contributed by atoms with Crippen LogP contribution in [0.1, 0.15) is 114 Å². The number of piperazine rings is 1. The van der Waals surface area contributed by atoms with Gasteiger partial charge in [-0.3, -0.25) is 38.5 Å². The lowest BCUT2D eigenvalue weighted by atomic mass is 9.89. The lowest BCUT2D eigenvalue weighted by Crippen LogP contribution is -2.48. The van der Waals surface area contributed by atoms with Crippen molar-refractivity contribution in [1.82, 2.24) is 34.0 Å². The highest BCUT2D eigenvalue weighted by Gasteiger charge is 2.57. The minimum Gasteiger partial charge on any atom is -0.395 e. The zero-order valence-electron chi connectivity index (χ0n) is 38.4. The van der Waals surface area contributed by atoms with Crippen LogP contribution in [-0.4, -0.2) is 103 Å². The normalized spacial score (nSPS) is 21.3. The Labute approximate surface area is 389 Å². The number of hydrogen-bond acceptors (Lipinski definition) is 13. The van der Waals surface area contributed by atoms with E-state index in [1.807, 2.05) is 26.0 Å². The lowest BCUT2D eigenvalue weighted by molar-refractivity contribution is -0.135. The van der Waals surface area contributed by atoms with Gasteiger partial charge in [-0.1, -0.05) is 38.5 Å². The van der Waals surface area contributed by atoms with Crippen molar-refractivity contribution in [2.75, 3.05) is 54.9 Å². The molecule has 5 fully saturated rings. The number of hydrogen-bond donors (Lipinski definition) is 6. The first-order chi connectivity index (χ1) is 31.8. The van der Waals surface area contributed by atoms with Crippen LogP contribution in [0.2, 0.25) is 0 Å². The van der Waals surface area contributed by atoms with Crippen LogP contribution in [0, 0.1) is 18.7 Å². The van der Waals surface area contributed by atoms with Gasteiger partial charge < -0.3 is 25.7 Å². The first-order valence-corrected chi connectivity index (χ1v) is 24.6. The fraction of sp³-hybridized carbons (Fsp3) is 0.583. The number of halogens is 1. The van der Waals surface area contributed by atoms with Crippen molar-refractivity contribution in [1.29, 1.82) is 0 Å². The first kappa shape index (κ1) is 47.6. The number of anilines is 4. The summed E-state index contributed by atoms with van der Waals surface area (Å²) in [4.78, 5) is 63.4. The Balaban J connectivity index is 0.000000159. The summed E-state index contributed by atoms with van der Waals surface area (Å²) in [6, 6.07) is 8.68. The quantitative estimate of drug-likeness (QED) is 0.0806. The number of carbonyl (C=O) groups excluding carboxylic acids is 3. The summed E-state index contributed by atoms with van der Waals surface area (Å²) in [6.07, 6.45) is 16.5. The first-order valence-electron chi connectivity index (χ1n) is 23.8. The monoisotopic (exact) mass is 928 g/mol. The van der Waals surface area contributed by atoms with Crippen molar-refractivity contribution in [2.24, 2.45) is 13.0 Å². The molecule has 2 aromatic carbocycles. The fourth-order valence-corrected chi connectivity index (χ4v) is 10.7. The number of nitrogens with zero attached hydrogens (tertiary/aromatic N) is 6. The molecule has 66 heavy (non-hydrogen) atoms. The summed E-state index contributed by atoms with van der Waals surface area (Å²) in [5.74, 6) is 0.634. The summed E-state index contributed by atoms with van der Waals surface area (Å²) in [5, 5.41) is 26.4. The van der Waals surface area contributed by atoms with Crippen molar-refractivity contribution >= 4 is 63.8 Å².